The van der Waals surface area contributed by atoms with Crippen molar-refractivity contribution >= 4 is 0 Å². The Morgan fingerprint density at radius 2 is 2.10 bits per heavy atom. The minimum Gasteiger partial charge on any atom is -0.364 e. The molecule has 1 saturated heterocycles. The summed E-state index contributed by atoms with van der Waals surface area (Å²) < 4.78 is 5.35. The molecule has 0 amide bonds. The van der Waals surface area contributed by atoms with Gasteiger partial charge in [0.05, 0.1) is 0 Å². The zero-order valence-electron chi connectivity index (χ0n) is 6.94. The van der Waals surface area contributed by atoms with Gasteiger partial charge in [-0.05, 0) is 32.7 Å². The third kappa shape index (κ3) is 1.96. The fourth-order valence-corrected chi connectivity index (χ4v) is 1.38. The molecule has 1 fully saturated rings. The molecular weight excluding hydrogens is 126 g/mol. The molecule has 2 heteroatoms. The van der Waals surface area contributed by atoms with Crippen molar-refractivity contribution in [2.45, 2.75) is 38.3 Å². The highest BCUT2D eigenvalue weighted by Gasteiger charge is 2.23. The average molecular weight is 143 g/mol. The van der Waals surface area contributed by atoms with Crippen LogP contribution >= 0.6 is 0 Å². The average Bonchev–Trinajstić information content (AvgIpc) is 2.15. The standard InChI is InChI=1S/C8H17NO/c1-8(10-2)6-4-3-5-7-9-8/h9H,3-7H2,1-2H3/t8-/m1/s1. The molecule has 0 aromatic heterocycles. The molecule has 10 heavy (non-hydrogen) atoms. The third-order valence-electron chi connectivity index (χ3n) is 2.28. The first kappa shape index (κ1) is 8.02. The van der Waals surface area contributed by atoms with Crippen LogP contribution in [-0.2, 0) is 4.74 Å². The lowest BCUT2D eigenvalue weighted by atomic mass is 10.1. The Labute approximate surface area is 63.0 Å². The van der Waals surface area contributed by atoms with Gasteiger partial charge in [-0.15, -0.1) is 0 Å². The van der Waals surface area contributed by atoms with Gasteiger partial charge in [-0.25, -0.2) is 0 Å². The molecule has 1 heterocycles. The molecule has 2 nitrogen and oxygen atoms in total. The predicted octanol–water partition coefficient (Wildman–Crippen LogP) is 1.51. The zero-order valence-corrected chi connectivity index (χ0v) is 6.94. The van der Waals surface area contributed by atoms with Crippen molar-refractivity contribution in [3.8, 4) is 0 Å². The summed E-state index contributed by atoms with van der Waals surface area (Å²) >= 11 is 0. The van der Waals surface area contributed by atoms with Crippen LogP contribution in [-0.4, -0.2) is 19.4 Å². The smallest absolute Gasteiger partial charge is 0.116 e. The Morgan fingerprint density at radius 3 is 2.80 bits per heavy atom. The van der Waals surface area contributed by atoms with E-state index in [-0.39, 0.29) is 5.72 Å². The van der Waals surface area contributed by atoms with Crippen molar-refractivity contribution in [3.63, 3.8) is 0 Å². The second-order valence-corrected chi connectivity index (χ2v) is 3.17. The molecule has 1 rings (SSSR count). The zero-order chi connectivity index (χ0) is 7.45. The van der Waals surface area contributed by atoms with Gasteiger partial charge in [0.15, 0.2) is 0 Å². The fourth-order valence-electron chi connectivity index (χ4n) is 1.38. The SMILES string of the molecule is CO[C@]1(C)CCCCCN1. The van der Waals surface area contributed by atoms with Crippen molar-refractivity contribution in [1.29, 1.82) is 0 Å². The summed E-state index contributed by atoms with van der Waals surface area (Å²) in [7, 11) is 1.78. The van der Waals surface area contributed by atoms with Crippen molar-refractivity contribution in [3.05, 3.63) is 0 Å². The molecule has 1 N–H and O–H groups in total. The Hall–Kier alpha value is -0.0800. The maximum Gasteiger partial charge on any atom is 0.116 e. The van der Waals surface area contributed by atoms with Gasteiger partial charge >= 0.3 is 0 Å². The summed E-state index contributed by atoms with van der Waals surface area (Å²) in [5.74, 6) is 0. The largest absolute Gasteiger partial charge is 0.364 e. The number of hydrogen-bond donors (Lipinski definition) is 1. The van der Waals surface area contributed by atoms with Gasteiger partial charge in [0.2, 0.25) is 0 Å². The summed E-state index contributed by atoms with van der Waals surface area (Å²) in [4.78, 5) is 0. The van der Waals surface area contributed by atoms with E-state index in [2.05, 4.69) is 12.2 Å². The van der Waals surface area contributed by atoms with Gasteiger partial charge in [-0.1, -0.05) is 6.42 Å². The van der Waals surface area contributed by atoms with E-state index in [1.54, 1.807) is 7.11 Å². The summed E-state index contributed by atoms with van der Waals surface area (Å²) in [6.45, 7) is 3.22. The molecule has 1 atom stereocenters. The minimum absolute atomic E-state index is 0.0451. The quantitative estimate of drug-likeness (QED) is 0.600. The maximum atomic E-state index is 5.35. The number of nitrogens with one attached hydrogen (secondary N) is 1. The van der Waals surface area contributed by atoms with Crippen molar-refractivity contribution in [1.82, 2.24) is 5.32 Å². The monoisotopic (exact) mass is 143 g/mol. The molecule has 0 bridgehead atoms. The molecule has 0 aromatic carbocycles. The Balaban J connectivity index is 2.41. The maximum absolute atomic E-state index is 5.35. The van der Waals surface area contributed by atoms with E-state index in [9.17, 15) is 0 Å². The van der Waals surface area contributed by atoms with Crippen LogP contribution in [0.15, 0.2) is 0 Å². The Bertz CT molecular complexity index is 95.4. The van der Waals surface area contributed by atoms with Crippen LogP contribution in [0.2, 0.25) is 0 Å². The number of rotatable bonds is 1. The second-order valence-electron chi connectivity index (χ2n) is 3.17. The first-order valence-corrected chi connectivity index (χ1v) is 4.07. The van der Waals surface area contributed by atoms with Crippen molar-refractivity contribution in [2.75, 3.05) is 13.7 Å². The first-order valence-electron chi connectivity index (χ1n) is 4.07. The van der Waals surface area contributed by atoms with Gasteiger partial charge in [0.25, 0.3) is 0 Å². The molecule has 0 unspecified atom stereocenters. The molecular formula is C8H17NO. The Morgan fingerprint density at radius 1 is 1.30 bits per heavy atom. The molecule has 0 aromatic rings. The fraction of sp³-hybridized carbons (Fsp3) is 1.00. The molecule has 0 spiro atoms. The summed E-state index contributed by atoms with van der Waals surface area (Å²) in [6.07, 6.45) is 5.06. The van der Waals surface area contributed by atoms with Gasteiger partial charge in [0.1, 0.15) is 5.72 Å². The van der Waals surface area contributed by atoms with E-state index in [1.165, 1.54) is 19.3 Å². The summed E-state index contributed by atoms with van der Waals surface area (Å²) in [5.41, 5.74) is -0.0451. The van der Waals surface area contributed by atoms with Crippen molar-refractivity contribution in [2.24, 2.45) is 0 Å². The van der Waals surface area contributed by atoms with E-state index < -0.39 is 0 Å². The normalized spacial score (nSPS) is 35.4. The summed E-state index contributed by atoms with van der Waals surface area (Å²) in [6, 6.07) is 0. The number of ether oxygens (including phenoxy) is 1. The van der Waals surface area contributed by atoms with Crippen LogP contribution in [0.25, 0.3) is 0 Å². The van der Waals surface area contributed by atoms with Gasteiger partial charge < -0.3 is 4.74 Å². The topological polar surface area (TPSA) is 21.3 Å². The van der Waals surface area contributed by atoms with E-state index in [0.29, 0.717) is 0 Å². The molecule has 1 aliphatic heterocycles. The highest BCUT2D eigenvalue weighted by molar-refractivity contribution is 4.74. The van der Waals surface area contributed by atoms with E-state index in [1.807, 2.05) is 0 Å². The van der Waals surface area contributed by atoms with Crippen LogP contribution in [0.5, 0.6) is 0 Å². The predicted molar refractivity (Wildman–Crippen MR) is 41.9 cm³/mol. The second kappa shape index (κ2) is 3.35. The Kier molecular flexibility index (Phi) is 2.69. The molecule has 0 aliphatic carbocycles. The van der Waals surface area contributed by atoms with Gasteiger partial charge in [0, 0.05) is 7.11 Å². The van der Waals surface area contributed by atoms with Crippen molar-refractivity contribution < 1.29 is 4.74 Å². The van der Waals surface area contributed by atoms with Crippen LogP contribution in [0.3, 0.4) is 0 Å². The highest BCUT2D eigenvalue weighted by atomic mass is 16.5. The lowest BCUT2D eigenvalue weighted by Crippen LogP contribution is -2.43. The molecule has 1 aliphatic rings. The minimum atomic E-state index is -0.0451. The first-order chi connectivity index (χ1) is 4.77. The van der Waals surface area contributed by atoms with E-state index >= 15 is 0 Å². The van der Waals surface area contributed by atoms with Gasteiger partial charge in [-0.3, -0.25) is 5.32 Å². The molecule has 0 saturated carbocycles. The third-order valence-corrected chi connectivity index (χ3v) is 2.28. The van der Waals surface area contributed by atoms with Crippen LogP contribution < -0.4 is 5.32 Å². The number of methoxy groups -OCH3 is 1. The number of hydrogen-bond acceptors (Lipinski definition) is 2. The lowest BCUT2D eigenvalue weighted by molar-refractivity contribution is -0.0263. The van der Waals surface area contributed by atoms with E-state index in [0.717, 1.165) is 13.0 Å². The van der Waals surface area contributed by atoms with Gasteiger partial charge in [-0.2, -0.15) is 0 Å². The van der Waals surface area contributed by atoms with Crippen LogP contribution in [0.4, 0.5) is 0 Å². The van der Waals surface area contributed by atoms with Crippen LogP contribution in [0, 0.1) is 0 Å². The highest BCUT2D eigenvalue weighted by Crippen LogP contribution is 2.18. The summed E-state index contributed by atoms with van der Waals surface area (Å²) in [5, 5.41) is 3.39. The lowest BCUT2D eigenvalue weighted by Gasteiger charge is -2.27. The van der Waals surface area contributed by atoms with Crippen LogP contribution in [0.1, 0.15) is 32.6 Å². The molecule has 0 radical (unpaired) electrons. The van der Waals surface area contributed by atoms with E-state index in [4.69, 9.17) is 4.74 Å². The molecule has 60 valence electrons.